The zero-order valence-electron chi connectivity index (χ0n) is 13.5. The third kappa shape index (κ3) is 3.32. The molecule has 4 rings (SSSR count). The number of thiazole rings is 1. The molecule has 0 saturated heterocycles. The van der Waals surface area contributed by atoms with Crippen LogP contribution in [0.3, 0.4) is 0 Å². The number of hydrogen-bond acceptors (Lipinski definition) is 4. The van der Waals surface area contributed by atoms with Crippen LogP contribution >= 0.6 is 11.3 Å². The Labute approximate surface area is 148 Å². The molecule has 1 aromatic carbocycles. The molecule has 5 nitrogen and oxygen atoms in total. The van der Waals surface area contributed by atoms with Gasteiger partial charge in [-0.3, -0.25) is 14.7 Å². The molecule has 7 heteroatoms. The molecule has 0 radical (unpaired) electrons. The maximum Gasteiger partial charge on any atom is 0.276 e. The third-order valence-corrected chi connectivity index (χ3v) is 5.36. The molecule has 25 heavy (non-hydrogen) atoms. The van der Waals surface area contributed by atoms with Crippen LogP contribution in [0.5, 0.6) is 0 Å². The summed E-state index contributed by atoms with van der Waals surface area (Å²) in [6, 6.07) is 5.93. The molecule has 0 aliphatic heterocycles. The van der Waals surface area contributed by atoms with Gasteiger partial charge in [0, 0.05) is 10.6 Å². The summed E-state index contributed by atoms with van der Waals surface area (Å²) in [5, 5.41) is 3.51. The van der Waals surface area contributed by atoms with E-state index in [0.717, 1.165) is 25.0 Å². The second-order valence-electron chi connectivity index (χ2n) is 6.03. The van der Waals surface area contributed by atoms with Gasteiger partial charge in [-0.25, -0.2) is 14.4 Å². The zero-order valence-corrected chi connectivity index (χ0v) is 14.4. The van der Waals surface area contributed by atoms with Gasteiger partial charge in [-0.1, -0.05) is 6.42 Å². The fraction of sp³-hybridized carbons (Fsp3) is 0.278. The number of amides is 1. The maximum absolute atomic E-state index is 13.1. The second-order valence-corrected chi connectivity index (χ2v) is 7.11. The van der Waals surface area contributed by atoms with Crippen molar-refractivity contribution in [2.45, 2.75) is 32.1 Å². The van der Waals surface area contributed by atoms with Gasteiger partial charge < -0.3 is 0 Å². The van der Waals surface area contributed by atoms with Crippen LogP contribution in [0.4, 0.5) is 9.52 Å². The fourth-order valence-electron chi connectivity index (χ4n) is 3.01. The standard InChI is InChI=1S/C18H17FN4OS/c19-12-6-8-13(9-7-12)23-11-20-10-15(23)17(24)22-18-21-14-4-2-1-3-5-16(14)25-18/h6-11H,1-5H2,(H,21,22,24). The Balaban J connectivity index is 1.56. The molecule has 0 unspecified atom stereocenters. The number of fused-ring (bicyclic) bond motifs is 1. The summed E-state index contributed by atoms with van der Waals surface area (Å²) in [5.41, 5.74) is 2.18. The van der Waals surface area contributed by atoms with E-state index in [4.69, 9.17) is 0 Å². The van der Waals surface area contributed by atoms with E-state index in [2.05, 4.69) is 15.3 Å². The molecule has 0 atom stereocenters. The van der Waals surface area contributed by atoms with E-state index in [9.17, 15) is 9.18 Å². The normalized spacial score (nSPS) is 14.0. The second kappa shape index (κ2) is 6.76. The minimum atomic E-state index is -0.320. The highest BCUT2D eigenvalue weighted by atomic mass is 32.1. The number of benzene rings is 1. The minimum absolute atomic E-state index is 0.272. The van der Waals surface area contributed by atoms with Crippen molar-refractivity contribution in [3.63, 3.8) is 0 Å². The van der Waals surface area contributed by atoms with Crippen LogP contribution < -0.4 is 5.32 Å². The zero-order chi connectivity index (χ0) is 17.2. The van der Waals surface area contributed by atoms with Gasteiger partial charge in [0.25, 0.3) is 5.91 Å². The summed E-state index contributed by atoms with van der Waals surface area (Å²) in [7, 11) is 0. The van der Waals surface area contributed by atoms with Crippen molar-refractivity contribution in [2.24, 2.45) is 0 Å². The summed E-state index contributed by atoms with van der Waals surface area (Å²) < 4.78 is 14.7. The lowest BCUT2D eigenvalue weighted by atomic mass is 10.2. The molecule has 1 amide bonds. The molecule has 1 aliphatic carbocycles. The van der Waals surface area contributed by atoms with Crippen LogP contribution in [0.25, 0.3) is 5.69 Å². The number of imidazole rings is 1. The number of hydrogen-bond donors (Lipinski definition) is 1. The first-order chi connectivity index (χ1) is 12.2. The number of aromatic nitrogens is 3. The van der Waals surface area contributed by atoms with Gasteiger partial charge >= 0.3 is 0 Å². The lowest BCUT2D eigenvalue weighted by Crippen LogP contribution is -2.16. The molecular formula is C18H17FN4OS. The molecule has 3 aromatic rings. The lowest BCUT2D eigenvalue weighted by Gasteiger charge is -2.07. The van der Waals surface area contributed by atoms with Gasteiger partial charge in [0.15, 0.2) is 5.13 Å². The molecule has 1 aliphatic rings. The Bertz CT molecular complexity index is 877. The average molecular weight is 356 g/mol. The van der Waals surface area contributed by atoms with E-state index in [0.29, 0.717) is 16.5 Å². The summed E-state index contributed by atoms with van der Waals surface area (Å²) in [4.78, 5) is 22.5. The van der Waals surface area contributed by atoms with Crippen molar-refractivity contribution in [3.8, 4) is 5.69 Å². The van der Waals surface area contributed by atoms with Crippen molar-refractivity contribution in [1.29, 1.82) is 0 Å². The van der Waals surface area contributed by atoms with Crippen molar-refractivity contribution >= 4 is 22.4 Å². The summed E-state index contributed by atoms with van der Waals surface area (Å²) in [5.74, 6) is -0.593. The Hall–Kier alpha value is -2.54. The molecular weight excluding hydrogens is 339 g/mol. The van der Waals surface area contributed by atoms with Crippen molar-refractivity contribution < 1.29 is 9.18 Å². The van der Waals surface area contributed by atoms with E-state index < -0.39 is 0 Å². The van der Waals surface area contributed by atoms with E-state index in [1.165, 1.54) is 36.0 Å². The third-order valence-electron chi connectivity index (χ3n) is 4.29. The van der Waals surface area contributed by atoms with Crippen LogP contribution in [0.1, 0.15) is 40.3 Å². The van der Waals surface area contributed by atoms with Crippen LogP contribution in [0.2, 0.25) is 0 Å². The summed E-state index contributed by atoms with van der Waals surface area (Å²) >= 11 is 1.56. The monoisotopic (exact) mass is 356 g/mol. The van der Waals surface area contributed by atoms with Crippen LogP contribution in [-0.2, 0) is 12.8 Å². The number of nitrogens with one attached hydrogen (secondary N) is 1. The number of anilines is 1. The van der Waals surface area contributed by atoms with Crippen LogP contribution in [0, 0.1) is 5.82 Å². The minimum Gasteiger partial charge on any atom is -0.296 e. The highest BCUT2D eigenvalue weighted by molar-refractivity contribution is 7.15. The molecule has 0 saturated carbocycles. The van der Waals surface area contributed by atoms with E-state index in [1.54, 1.807) is 34.4 Å². The predicted molar refractivity (Wildman–Crippen MR) is 94.8 cm³/mol. The van der Waals surface area contributed by atoms with Crippen LogP contribution in [0.15, 0.2) is 36.8 Å². The lowest BCUT2D eigenvalue weighted by molar-refractivity contribution is 0.102. The molecule has 0 spiro atoms. The van der Waals surface area contributed by atoms with Gasteiger partial charge in [0.2, 0.25) is 0 Å². The number of carbonyl (C=O) groups excluding carboxylic acids is 1. The summed E-state index contributed by atoms with van der Waals surface area (Å²) in [6.45, 7) is 0. The Kier molecular flexibility index (Phi) is 4.31. The number of aryl methyl sites for hydroxylation is 2. The quantitative estimate of drug-likeness (QED) is 0.722. The van der Waals surface area contributed by atoms with Crippen LogP contribution in [-0.4, -0.2) is 20.4 Å². The number of nitrogens with zero attached hydrogens (tertiary/aromatic N) is 3. The number of carbonyl (C=O) groups is 1. The Morgan fingerprint density at radius 2 is 1.96 bits per heavy atom. The molecule has 0 fully saturated rings. The maximum atomic E-state index is 13.1. The number of rotatable bonds is 3. The van der Waals surface area contributed by atoms with Gasteiger partial charge in [0.05, 0.1) is 18.2 Å². The first kappa shape index (κ1) is 16.0. The fourth-order valence-corrected chi connectivity index (χ4v) is 4.06. The topological polar surface area (TPSA) is 59.8 Å². The van der Waals surface area contributed by atoms with Gasteiger partial charge in [0.1, 0.15) is 11.5 Å². The van der Waals surface area contributed by atoms with E-state index in [1.807, 2.05) is 0 Å². The molecule has 0 bridgehead atoms. The van der Waals surface area contributed by atoms with Crippen molar-refractivity contribution in [2.75, 3.05) is 5.32 Å². The van der Waals surface area contributed by atoms with Gasteiger partial charge in [-0.15, -0.1) is 11.3 Å². The van der Waals surface area contributed by atoms with E-state index in [-0.39, 0.29) is 11.7 Å². The average Bonchev–Trinajstić information content (AvgIpc) is 3.18. The van der Waals surface area contributed by atoms with E-state index >= 15 is 0 Å². The largest absolute Gasteiger partial charge is 0.296 e. The number of halogens is 1. The highest BCUT2D eigenvalue weighted by Crippen LogP contribution is 2.29. The first-order valence-electron chi connectivity index (χ1n) is 8.29. The summed E-state index contributed by atoms with van der Waals surface area (Å²) in [6.07, 6.45) is 8.63. The van der Waals surface area contributed by atoms with Gasteiger partial charge in [-0.05, 0) is 49.9 Å². The Morgan fingerprint density at radius 1 is 1.16 bits per heavy atom. The van der Waals surface area contributed by atoms with Gasteiger partial charge in [-0.2, -0.15) is 0 Å². The smallest absolute Gasteiger partial charge is 0.276 e. The molecule has 1 N–H and O–H groups in total. The highest BCUT2D eigenvalue weighted by Gasteiger charge is 2.18. The predicted octanol–water partition coefficient (Wildman–Crippen LogP) is 3.99. The molecule has 2 aromatic heterocycles. The molecule has 2 heterocycles. The first-order valence-corrected chi connectivity index (χ1v) is 9.10. The molecule has 128 valence electrons. The SMILES string of the molecule is O=C(Nc1nc2c(s1)CCCCC2)c1cncn1-c1ccc(F)cc1. The Morgan fingerprint density at radius 3 is 2.80 bits per heavy atom. The van der Waals surface area contributed by atoms with Crippen molar-refractivity contribution in [1.82, 2.24) is 14.5 Å². The van der Waals surface area contributed by atoms with Crippen molar-refractivity contribution in [3.05, 3.63) is 58.9 Å².